The van der Waals surface area contributed by atoms with Gasteiger partial charge in [0.2, 0.25) is 0 Å². The molecule has 1 saturated heterocycles. The molecule has 20 heavy (non-hydrogen) atoms. The largest absolute Gasteiger partial charge is 0.468 e. The molecule has 1 aliphatic rings. The first-order valence-electron chi connectivity index (χ1n) is 6.49. The predicted molar refractivity (Wildman–Crippen MR) is 75.8 cm³/mol. The third-order valence-electron chi connectivity index (χ3n) is 3.28. The maximum atomic E-state index is 13.9. The fourth-order valence-electron chi connectivity index (χ4n) is 2.23. The van der Waals surface area contributed by atoms with E-state index in [1.807, 2.05) is 0 Å². The molecule has 2 atom stereocenters. The van der Waals surface area contributed by atoms with Crippen LogP contribution in [0.2, 0.25) is 0 Å². The Hall–Kier alpha value is -0.980. The minimum atomic E-state index is -0.832. The van der Waals surface area contributed by atoms with Gasteiger partial charge in [-0.1, -0.05) is 15.9 Å². The fraction of sp³-hybridized carbons (Fsp3) is 0.500. The van der Waals surface area contributed by atoms with Gasteiger partial charge < -0.3 is 9.47 Å². The summed E-state index contributed by atoms with van der Waals surface area (Å²) in [4.78, 5) is 11.9. The highest BCUT2D eigenvalue weighted by Crippen LogP contribution is 2.23. The van der Waals surface area contributed by atoms with Gasteiger partial charge in [0.15, 0.2) is 0 Å². The standard InChI is InChI=1S/C14H17BrFNO3/c1-19-14(18)13(17-8-10-3-2-6-20-10)11-7-9(15)4-5-12(11)16/h4-5,7,10,13,17H,2-3,6,8H2,1H3. The monoisotopic (exact) mass is 345 g/mol. The van der Waals surface area contributed by atoms with E-state index in [0.717, 1.165) is 19.4 Å². The summed E-state index contributed by atoms with van der Waals surface area (Å²) in [5.41, 5.74) is 0.268. The zero-order valence-corrected chi connectivity index (χ0v) is 12.8. The minimum Gasteiger partial charge on any atom is -0.468 e. The molecule has 1 N–H and O–H groups in total. The number of halogens is 2. The number of carbonyl (C=O) groups is 1. The molecule has 0 saturated carbocycles. The lowest BCUT2D eigenvalue weighted by atomic mass is 10.1. The van der Waals surface area contributed by atoms with Crippen LogP contribution in [0.15, 0.2) is 22.7 Å². The Kier molecular flexibility index (Phi) is 5.51. The minimum absolute atomic E-state index is 0.0670. The average molecular weight is 346 g/mol. The summed E-state index contributed by atoms with van der Waals surface area (Å²) in [7, 11) is 1.29. The van der Waals surface area contributed by atoms with Crippen molar-refractivity contribution in [1.29, 1.82) is 0 Å². The van der Waals surface area contributed by atoms with Gasteiger partial charge in [0.05, 0.1) is 13.2 Å². The van der Waals surface area contributed by atoms with Crippen LogP contribution in [0.1, 0.15) is 24.4 Å². The summed E-state index contributed by atoms with van der Waals surface area (Å²) in [6.45, 7) is 1.23. The molecule has 0 amide bonds. The molecular formula is C14H17BrFNO3. The smallest absolute Gasteiger partial charge is 0.327 e. The number of benzene rings is 1. The van der Waals surface area contributed by atoms with Gasteiger partial charge in [-0.3, -0.25) is 5.32 Å². The normalized spacial score (nSPS) is 19.9. The van der Waals surface area contributed by atoms with E-state index in [9.17, 15) is 9.18 Å². The van der Waals surface area contributed by atoms with Crippen LogP contribution in [0.4, 0.5) is 4.39 Å². The molecule has 110 valence electrons. The maximum Gasteiger partial charge on any atom is 0.327 e. The Bertz CT molecular complexity index is 477. The van der Waals surface area contributed by atoms with Gasteiger partial charge >= 0.3 is 5.97 Å². The Morgan fingerprint density at radius 1 is 1.65 bits per heavy atom. The van der Waals surface area contributed by atoms with E-state index in [4.69, 9.17) is 9.47 Å². The second-order valence-electron chi connectivity index (χ2n) is 4.67. The molecule has 1 heterocycles. The molecule has 6 heteroatoms. The van der Waals surface area contributed by atoms with E-state index in [1.165, 1.54) is 13.2 Å². The predicted octanol–water partition coefficient (Wildman–Crippen LogP) is 2.57. The highest BCUT2D eigenvalue weighted by atomic mass is 79.9. The zero-order valence-electron chi connectivity index (χ0n) is 11.2. The lowest BCUT2D eigenvalue weighted by Gasteiger charge is -2.20. The SMILES string of the molecule is COC(=O)C(NCC1CCCO1)c1cc(Br)ccc1F. The molecule has 1 fully saturated rings. The van der Waals surface area contributed by atoms with Crippen LogP contribution >= 0.6 is 15.9 Å². The van der Waals surface area contributed by atoms with Crippen LogP contribution in [-0.2, 0) is 14.3 Å². The Labute approximate surface area is 125 Å². The number of ether oxygens (including phenoxy) is 2. The molecular weight excluding hydrogens is 329 g/mol. The first-order valence-corrected chi connectivity index (χ1v) is 7.29. The summed E-state index contributed by atoms with van der Waals surface area (Å²) in [5, 5.41) is 3.04. The molecule has 0 bridgehead atoms. The summed E-state index contributed by atoms with van der Waals surface area (Å²) in [6.07, 6.45) is 2.03. The number of rotatable bonds is 5. The number of esters is 1. The van der Waals surface area contributed by atoms with E-state index in [0.29, 0.717) is 11.0 Å². The number of nitrogens with one attached hydrogen (secondary N) is 1. The van der Waals surface area contributed by atoms with E-state index in [1.54, 1.807) is 12.1 Å². The van der Waals surface area contributed by atoms with Crippen molar-refractivity contribution >= 4 is 21.9 Å². The second-order valence-corrected chi connectivity index (χ2v) is 5.58. The van der Waals surface area contributed by atoms with Crippen LogP contribution in [0.5, 0.6) is 0 Å². The van der Waals surface area contributed by atoms with Gasteiger partial charge in [-0.05, 0) is 31.0 Å². The Morgan fingerprint density at radius 3 is 3.10 bits per heavy atom. The molecule has 1 aliphatic heterocycles. The van der Waals surface area contributed by atoms with Crippen molar-refractivity contribution in [1.82, 2.24) is 5.32 Å². The molecule has 2 unspecified atom stereocenters. The van der Waals surface area contributed by atoms with Crippen LogP contribution < -0.4 is 5.32 Å². The molecule has 0 radical (unpaired) electrons. The molecule has 1 aromatic carbocycles. The van der Waals surface area contributed by atoms with Gasteiger partial charge in [-0.15, -0.1) is 0 Å². The Balaban J connectivity index is 2.13. The van der Waals surface area contributed by atoms with Gasteiger partial charge in [-0.25, -0.2) is 9.18 Å². The van der Waals surface area contributed by atoms with Crippen molar-refractivity contribution in [3.8, 4) is 0 Å². The lowest BCUT2D eigenvalue weighted by Crippen LogP contribution is -2.35. The first-order chi connectivity index (χ1) is 9.61. The second kappa shape index (κ2) is 7.15. The lowest BCUT2D eigenvalue weighted by molar-refractivity contribution is -0.143. The van der Waals surface area contributed by atoms with E-state index in [2.05, 4.69) is 21.2 Å². The van der Waals surface area contributed by atoms with E-state index in [-0.39, 0.29) is 11.7 Å². The van der Waals surface area contributed by atoms with E-state index < -0.39 is 17.8 Å². The van der Waals surface area contributed by atoms with Crippen LogP contribution in [0, 0.1) is 5.82 Å². The van der Waals surface area contributed by atoms with Crippen molar-refractivity contribution in [2.24, 2.45) is 0 Å². The van der Waals surface area contributed by atoms with E-state index >= 15 is 0 Å². The summed E-state index contributed by atoms with van der Waals surface area (Å²) >= 11 is 3.28. The highest BCUT2D eigenvalue weighted by molar-refractivity contribution is 9.10. The highest BCUT2D eigenvalue weighted by Gasteiger charge is 2.26. The van der Waals surface area contributed by atoms with Gasteiger partial charge in [0.25, 0.3) is 0 Å². The molecule has 0 spiro atoms. The van der Waals surface area contributed by atoms with Gasteiger partial charge in [-0.2, -0.15) is 0 Å². The number of methoxy groups -OCH3 is 1. The molecule has 4 nitrogen and oxygen atoms in total. The molecule has 0 aliphatic carbocycles. The first kappa shape index (κ1) is 15.4. The van der Waals surface area contributed by atoms with Crippen molar-refractivity contribution < 1.29 is 18.7 Å². The molecule has 1 aromatic rings. The summed E-state index contributed by atoms with van der Waals surface area (Å²) < 4.78 is 24.9. The third kappa shape index (κ3) is 3.77. The van der Waals surface area contributed by atoms with Crippen molar-refractivity contribution in [3.05, 3.63) is 34.1 Å². The van der Waals surface area contributed by atoms with Crippen LogP contribution in [0.3, 0.4) is 0 Å². The van der Waals surface area contributed by atoms with Crippen LogP contribution in [0.25, 0.3) is 0 Å². The number of hydrogen-bond donors (Lipinski definition) is 1. The summed E-state index contributed by atoms with van der Waals surface area (Å²) in [5.74, 6) is -0.955. The van der Waals surface area contributed by atoms with Crippen molar-refractivity contribution in [2.75, 3.05) is 20.3 Å². The summed E-state index contributed by atoms with van der Waals surface area (Å²) in [6, 6.07) is 3.66. The average Bonchev–Trinajstić information content (AvgIpc) is 2.95. The Morgan fingerprint density at radius 2 is 2.45 bits per heavy atom. The van der Waals surface area contributed by atoms with Gasteiger partial charge in [0, 0.05) is 23.2 Å². The maximum absolute atomic E-state index is 13.9. The topological polar surface area (TPSA) is 47.6 Å². The van der Waals surface area contributed by atoms with Crippen molar-refractivity contribution in [3.63, 3.8) is 0 Å². The van der Waals surface area contributed by atoms with Crippen LogP contribution in [-0.4, -0.2) is 32.3 Å². The number of hydrogen-bond acceptors (Lipinski definition) is 4. The fourth-order valence-corrected chi connectivity index (χ4v) is 2.61. The van der Waals surface area contributed by atoms with Crippen molar-refractivity contribution in [2.45, 2.75) is 25.0 Å². The number of carbonyl (C=O) groups excluding carboxylic acids is 1. The quantitative estimate of drug-likeness (QED) is 0.833. The van der Waals surface area contributed by atoms with Gasteiger partial charge in [0.1, 0.15) is 11.9 Å². The molecule has 0 aromatic heterocycles. The third-order valence-corrected chi connectivity index (χ3v) is 3.77. The zero-order chi connectivity index (χ0) is 14.5. The molecule has 2 rings (SSSR count).